The molecule has 106 valence electrons. The first-order valence-electron chi connectivity index (χ1n) is 7.48. The summed E-state index contributed by atoms with van der Waals surface area (Å²) >= 11 is 0. The Kier molecular flexibility index (Phi) is 4.32. The highest BCUT2D eigenvalue weighted by Gasteiger charge is 2.21. The Labute approximate surface area is 117 Å². The first-order valence-corrected chi connectivity index (χ1v) is 7.48. The Morgan fingerprint density at radius 1 is 1.37 bits per heavy atom. The number of hydrogen-bond acceptors (Lipinski definition) is 2. The topological polar surface area (TPSA) is 38.0 Å². The van der Waals surface area contributed by atoms with Gasteiger partial charge in [-0.25, -0.2) is 0 Å². The molecule has 1 aliphatic heterocycles. The molecule has 0 bridgehead atoms. The summed E-state index contributed by atoms with van der Waals surface area (Å²) < 4.78 is 0. The first kappa shape index (κ1) is 14.5. The fourth-order valence-corrected chi connectivity index (χ4v) is 2.90. The molecule has 0 aromatic heterocycles. The number of nitrogens with two attached hydrogens (primary N) is 1. The number of aryl methyl sites for hydroxylation is 1. The van der Waals surface area contributed by atoms with Crippen molar-refractivity contribution in [3.63, 3.8) is 0 Å². The van der Waals surface area contributed by atoms with Crippen LogP contribution in [0.25, 0.3) is 0 Å². The van der Waals surface area contributed by atoms with Gasteiger partial charge in [0, 0.05) is 12.1 Å². The van der Waals surface area contributed by atoms with Crippen LogP contribution in [0.5, 0.6) is 0 Å². The molecule has 0 spiro atoms. The summed E-state index contributed by atoms with van der Waals surface area (Å²) in [7, 11) is 0. The van der Waals surface area contributed by atoms with Crippen LogP contribution < -0.4 is 11.1 Å². The van der Waals surface area contributed by atoms with Crippen molar-refractivity contribution < 1.29 is 0 Å². The molecular formula is C17H28N2. The summed E-state index contributed by atoms with van der Waals surface area (Å²) in [4.78, 5) is 0. The van der Waals surface area contributed by atoms with Crippen LogP contribution in [0.4, 0.5) is 0 Å². The lowest BCUT2D eigenvalue weighted by molar-refractivity contribution is 0.496. The summed E-state index contributed by atoms with van der Waals surface area (Å²) in [6, 6.07) is 7.53. The normalized spacial score (nSPS) is 21.6. The predicted octanol–water partition coefficient (Wildman–Crippen LogP) is 3.43. The summed E-state index contributed by atoms with van der Waals surface area (Å²) in [5, 5.41) is 3.54. The van der Waals surface area contributed by atoms with Gasteiger partial charge < -0.3 is 11.1 Å². The Morgan fingerprint density at radius 3 is 2.68 bits per heavy atom. The van der Waals surface area contributed by atoms with Crippen LogP contribution in [-0.2, 0) is 5.41 Å². The molecule has 0 saturated carbocycles. The van der Waals surface area contributed by atoms with Crippen molar-refractivity contribution in [3.05, 3.63) is 34.9 Å². The third-order valence-electron chi connectivity index (χ3n) is 4.25. The molecule has 1 aromatic rings. The molecule has 2 unspecified atom stereocenters. The molecule has 0 amide bonds. The van der Waals surface area contributed by atoms with Gasteiger partial charge in [-0.15, -0.1) is 0 Å². The molecule has 19 heavy (non-hydrogen) atoms. The van der Waals surface area contributed by atoms with Crippen LogP contribution in [0.2, 0.25) is 0 Å². The largest absolute Gasteiger partial charge is 0.324 e. The standard InChI is InChI=1S/C17H28N2/c1-12-7-8-13(17(2,3)4)10-15(12)16(18)11-14-6-5-9-19-14/h7-8,10,14,16,19H,5-6,9,11,18H2,1-4H3. The van der Waals surface area contributed by atoms with Crippen molar-refractivity contribution in [1.82, 2.24) is 5.32 Å². The van der Waals surface area contributed by atoms with Crippen molar-refractivity contribution in [2.24, 2.45) is 5.73 Å². The van der Waals surface area contributed by atoms with Gasteiger partial charge in [-0.05, 0) is 54.8 Å². The number of benzene rings is 1. The van der Waals surface area contributed by atoms with Crippen LogP contribution in [0.1, 0.15) is 62.8 Å². The molecule has 1 aromatic carbocycles. The fraction of sp³-hybridized carbons (Fsp3) is 0.647. The molecule has 0 radical (unpaired) electrons. The lowest BCUT2D eigenvalue weighted by atomic mass is 9.83. The lowest BCUT2D eigenvalue weighted by Gasteiger charge is -2.24. The minimum absolute atomic E-state index is 0.151. The number of nitrogens with one attached hydrogen (secondary N) is 1. The highest BCUT2D eigenvalue weighted by molar-refractivity contribution is 5.36. The van der Waals surface area contributed by atoms with E-state index < -0.39 is 0 Å². The molecular weight excluding hydrogens is 232 g/mol. The van der Waals surface area contributed by atoms with E-state index in [2.05, 4.69) is 51.2 Å². The zero-order valence-electron chi connectivity index (χ0n) is 12.8. The molecule has 2 atom stereocenters. The Hall–Kier alpha value is -0.860. The maximum atomic E-state index is 6.45. The molecule has 3 N–H and O–H groups in total. The smallest absolute Gasteiger partial charge is 0.0312 e. The maximum Gasteiger partial charge on any atom is 0.0312 e. The third kappa shape index (κ3) is 3.58. The van der Waals surface area contributed by atoms with Gasteiger partial charge in [-0.1, -0.05) is 39.0 Å². The average molecular weight is 260 g/mol. The zero-order valence-corrected chi connectivity index (χ0v) is 12.8. The molecule has 0 aliphatic carbocycles. The van der Waals surface area contributed by atoms with Crippen molar-refractivity contribution in [1.29, 1.82) is 0 Å². The average Bonchev–Trinajstić information content (AvgIpc) is 2.80. The number of hydrogen-bond donors (Lipinski definition) is 2. The van der Waals surface area contributed by atoms with Crippen molar-refractivity contribution in [3.8, 4) is 0 Å². The molecule has 2 nitrogen and oxygen atoms in total. The second-order valence-electron chi connectivity index (χ2n) is 6.96. The number of rotatable bonds is 3. The highest BCUT2D eigenvalue weighted by atomic mass is 14.9. The predicted molar refractivity (Wildman–Crippen MR) is 82.4 cm³/mol. The van der Waals surface area contributed by atoms with Crippen LogP contribution in [0.3, 0.4) is 0 Å². The Bertz CT molecular complexity index is 425. The van der Waals surface area contributed by atoms with E-state index in [1.165, 1.54) is 29.5 Å². The van der Waals surface area contributed by atoms with Gasteiger partial charge in [-0.3, -0.25) is 0 Å². The third-order valence-corrected chi connectivity index (χ3v) is 4.25. The van der Waals surface area contributed by atoms with Gasteiger partial charge >= 0.3 is 0 Å². The molecule has 1 saturated heterocycles. The minimum atomic E-state index is 0.151. The van der Waals surface area contributed by atoms with E-state index >= 15 is 0 Å². The van der Waals surface area contributed by atoms with E-state index in [4.69, 9.17) is 5.73 Å². The van der Waals surface area contributed by atoms with Gasteiger partial charge in [0.1, 0.15) is 0 Å². The molecule has 2 heteroatoms. The van der Waals surface area contributed by atoms with Crippen LogP contribution >= 0.6 is 0 Å². The lowest BCUT2D eigenvalue weighted by Crippen LogP contribution is -2.27. The summed E-state index contributed by atoms with van der Waals surface area (Å²) in [5.41, 5.74) is 10.7. The summed E-state index contributed by atoms with van der Waals surface area (Å²) in [6.45, 7) is 10.1. The van der Waals surface area contributed by atoms with Crippen molar-refractivity contribution in [2.45, 2.75) is 64.5 Å². The van der Waals surface area contributed by atoms with E-state index in [9.17, 15) is 0 Å². The van der Waals surface area contributed by atoms with Crippen LogP contribution in [0, 0.1) is 6.92 Å². The minimum Gasteiger partial charge on any atom is -0.324 e. The van der Waals surface area contributed by atoms with E-state index in [-0.39, 0.29) is 11.5 Å². The van der Waals surface area contributed by atoms with Gasteiger partial charge in [0.25, 0.3) is 0 Å². The first-order chi connectivity index (χ1) is 8.88. The molecule has 1 fully saturated rings. The van der Waals surface area contributed by atoms with Crippen molar-refractivity contribution in [2.75, 3.05) is 6.54 Å². The fourth-order valence-electron chi connectivity index (χ4n) is 2.90. The monoisotopic (exact) mass is 260 g/mol. The van der Waals surface area contributed by atoms with Gasteiger partial charge in [-0.2, -0.15) is 0 Å². The van der Waals surface area contributed by atoms with E-state index in [0.717, 1.165) is 13.0 Å². The molecule has 1 aliphatic rings. The van der Waals surface area contributed by atoms with Gasteiger partial charge in [0.15, 0.2) is 0 Å². The molecule has 2 rings (SSSR count). The van der Waals surface area contributed by atoms with E-state index in [1.54, 1.807) is 0 Å². The Balaban J connectivity index is 2.17. The Morgan fingerprint density at radius 2 is 2.11 bits per heavy atom. The van der Waals surface area contributed by atoms with Crippen LogP contribution in [0.15, 0.2) is 18.2 Å². The quantitative estimate of drug-likeness (QED) is 0.873. The second-order valence-corrected chi connectivity index (χ2v) is 6.96. The van der Waals surface area contributed by atoms with Gasteiger partial charge in [0.2, 0.25) is 0 Å². The summed E-state index contributed by atoms with van der Waals surface area (Å²) in [6.07, 6.45) is 3.61. The maximum absolute atomic E-state index is 6.45. The summed E-state index contributed by atoms with van der Waals surface area (Å²) in [5.74, 6) is 0. The van der Waals surface area contributed by atoms with Crippen LogP contribution in [-0.4, -0.2) is 12.6 Å². The van der Waals surface area contributed by atoms with E-state index in [1.807, 2.05) is 0 Å². The van der Waals surface area contributed by atoms with E-state index in [0.29, 0.717) is 6.04 Å². The highest BCUT2D eigenvalue weighted by Crippen LogP contribution is 2.29. The van der Waals surface area contributed by atoms with Gasteiger partial charge in [0.05, 0.1) is 0 Å². The van der Waals surface area contributed by atoms with Crippen molar-refractivity contribution >= 4 is 0 Å². The zero-order chi connectivity index (χ0) is 14.0. The second kappa shape index (κ2) is 5.64. The molecule has 1 heterocycles. The SMILES string of the molecule is Cc1ccc(C(C)(C)C)cc1C(N)CC1CCCN1.